The zero-order valence-corrected chi connectivity index (χ0v) is 20.7. The number of carbonyl (C=O) groups is 1. The second kappa shape index (κ2) is 9.78. The molecule has 0 atom stereocenters. The number of aromatic nitrogens is 3. The first-order chi connectivity index (χ1) is 16.3. The minimum Gasteiger partial charge on any atom is -0.346 e. The molecule has 0 saturated carbocycles. The van der Waals surface area contributed by atoms with Crippen LogP contribution < -0.4 is 9.62 Å². The molecule has 0 bridgehead atoms. The van der Waals surface area contributed by atoms with E-state index in [-0.39, 0.29) is 22.8 Å². The third-order valence-corrected chi connectivity index (χ3v) is 8.02. The van der Waals surface area contributed by atoms with Crippen molar-refractivity contribution in [3.05, 3.63) is 93.6 Å². The van der Waals surface area contributed by atoms with E-state index in [4.69, 9.17) is 0 Å². The summed E-state index contributed by atoms with van der Waals surface area (Å²) < 4.78 is 28.8. The highest BCUT2D eigenvalue weighted by Crippen LogP contribution is 2.25. The number of carbonyl (C=O) groups excluding carboxylic acids is 1. The minimum atomic E-state index is -3.87. The molecule has 34 heavy (non-hydrogen) atoms. The molecule has 1 amide bonds. The van der Waals surface area contributed by atoms with Crippen LogP contribution in [0.3, 0.4) is 0 Å². The molecule has 0 aliphatic carbocycles. The van der Waals surface area contributed by atoms with Crippen LogP contribution in [0.25, 0.3) is 0 Å². The molecule has 4 aromatic rings. The largest absolute Gasteiger partial charge is 0.346 e. The van der Waals surface area contributed by atoms with E-state index >= 15 is 0 Å². The Morgan fingerprint density at radius 1 is 1.12 bits per heavy atom. The first-order valence-corrected chi connectivity index (χ1v) is 12.9. The summed E-state index contributed by atoms with van der Waals surface area (Å²) in [6.45, 7) is 2.11. The molecule has 0 aliphatic rings. The van der Waals surface area contributed by atoms with Crippen molar-refractivity contribution in [2.75, 3.05) is 11.4 Å². The fourth-order valence-corrected chi connectivity index (χ4v) is 5.56. The van der Waals surface area contributed by atoms with E-state index in [0.29, 0.717) is 0 Å². The van der Waals surface area contributed by atoms with Gasteiger partial charge in [0.05, 0.1) is 28.3 Å². The normalized spacial score (nSPS) is 11.4. The van der Waals surface area contributed by atoms with Gasteiger partial charge in [0.2, 0.25) is 0 Å². The molecule has 10 heteroatoms. The number of rotatable bonds is 8. The van der Waals surface area contributed by atoms with Crippen molar-refractivity contribution in [2.24, 2.45) is 7.05 Å². The Balaban J connectivity index is 1.47. The second-order valence-electron chi connectivity index (χ2n) is 7.87. The molecule has 4 rings (SSSR count). The molecule has 0 fully saturated rings. The molecule has 2 aromatic heterocycles. The van der Waals surface area contributed by atoms with E-state index in [0.717, 1.165) is 27.0 Å². The van der Waals surface area contributed by atoms with Gasteiger partial charge in [-0.1, -0.05) is 48.0 Å². The number of thiazole rings is 1. The molecule has 0 radical (unpaired) electrons. The molecule has 8 nitrogen and oxygen atoms in total. The number of hydrogen-bond donors (Lipinski definition) is 1. The van der Waals surface area contributed by atoms with Gasteiger partial charge in [-0.2, -0.15) is 5.10 Å². The summed E-state index contributed by atoms with van der Waals surface area (Å²) in [6.07, 6.45) is 2.10. The SMILES string of the molecule is Cc1ccc(S(=O)(=O)N(C)c2c(C(=O)NCc3csc(Cc4ccccc4)n3)cnn2C)cc1. The lowest BCUT2D eigenvalue weighted by atomic mass is 10.2. The summed E-state index contributed by atoms with van der Waals surface area (Å²) in [5.41, 5.74) is 3.04. The quantitative estimate of drug-likeness (QED) is 0.403. The zero-order valence-electron chi connectivity index (χ0n) is 19.1. The van der Waals surface area contributed by atoms with Crippen LogP contribution >= 0.6 is 11.3 Å². The molecule has 0 saturated heterocycles. The third-order valence-electron chi connectivity index (χ3n) is 5.36. The number of hydrogen-bond acceptors (Lipinski definition) is 6. The Labute approximate surface area is 202 Å². The zero-order chi connectivity index (χ0) is 24.3. The maximum Gasteiger partial charge on any atom is 0.265 e. The van der Waals surface area contributed by atoms with Crippen LogP contribution in [-0.2, 0) is 30.0 Å². The molecular weight excluding hydrogens is 470 g/mol. The van der Waals surface area contributed by atoms with Crippen molar-refractivity contribution in [1.82, 2.24) is 20.1 Å². The van der Waals surface area contributed by atoms with Crippen LogP contribution in [0.15, 0.2) is 71.1 Å². The topological polar surface area (TPSA) is 97.2 Å². The van der Waals surface area contributed by atoms with Crippen LogP contribution in [0, 0.1) is 6.92 Å². The first-order valence-electron chi connectivity index (χ1n) is 10.6. The summed E-state index contributed by atoms with van der Waals surface area (Å²) in [5.74, 6) is -0.243. The number of benzene rings is 2. The van der Waals surface area contributed by atoms with Gasteiger partial charge in [0.15, 0.2) is 5.82 Å². The van der Waals surface area contributed by atoms with Crippen LogP contribution in [-0.4, -0.2) is 36.1 Å². The van der Waals surface area contributed by atoms with Gasteiger partial charge in [-0.15, -0.1) is 11.3 Å². The van der Waals surface area contributed by atoms with E-state index < -0.39 is 15.9 Å². The Kier molecular flexibility index (Phi) is 6.80. The predicted molar refractivity (Wildman–Crippen MR) is 133 cm³/mol. The van der Waals surface area contributed by atoms with Crippen molar-refractivity contribution >= 4 is 33.1 Å². The van der Waals surface area contributed by atoms with Crippen molar-refractivity contribution in [1.29, 1.82) is 0 Å². The molecule has 0 aliphatic heterocycles. The number of aryl methyl sites for hydroxylation is 2. The lowest BCUT2D eigenvalue weighted by Crippen LogP contribution is -2.31. The predicted octanol–water partition coefficient (Wildman–Crippen LogP) is 3.53. The van der Waals surface area contributed by atoms with Crippen LogP contribution in [0.5, 0.6) is 0 Å². The average Bonchev–Trinajstić information content (AvgIpc) is 3.44. The number of sulfonamides is 1. The number of anilines is 1. The van der Waals surface area contributed by atoms with E-state index in [1.807, 2.05) is 42.6 Å². The summed E-state index contributed by atoms with van der Waals surface area (Å²) in [7, 11) is -0.852. The van der Waals surface area contributed by atoms with Crippen LogP contribution in [0.4, 0.5) is 5.82 Å². The van der Waals surface area contributed by atoms with E-state index in [2.05, 4.69) is 15.4 Å². The van der Waals surface area contributed by atoms with Crippen LogP contribution in [0.1, 0.15) is 32.2 Å². The average molecular weight is 496 g/mol. The van der Waals surface area contributed by atoms with Gasteiger partial charge in [0.25, 0.3) is 15.9 Å². The maximum absolute atomic E-state index is 13.1. The van der Waals surface area contributed by atoms with Gasteiger partial charge in [-0.25, -0.2) is 13.4 Å². The maximum atomic E-state index is 13.1. The Hall–Kier alpha value is -3.50. The second-order valence-corrected chi connectivity index (χ2v) is 10.8. The Morgan fingerprint density at radius 3 is 2.53 bits per heavy atom. The molecular formula is C24H25N5O3S2. The highest BCUT2D eigenvalue weighted by Gasteiger charge is 2.28. The third kappa shape index (κ3) is 5.02. The lowest BCUT2D eigenvalue weighted by molar-refractivity contribution is 0.0951. The standard InChI is InChI=1S/C24H25N5O3S2/c1-17-9-11-20(12-10-17)34(31,32)29(3)24-21(15-26-28(24)2)23(30)25-14-19-16-33-22(27-19)13-18-7-5-4-6-8-18/h4-12,15-16H,13-14H2,1-3H3,(H,25,30). The van der Waals surface area contributed by atoms with Crippen molar-refractivity contribution in [3.8, 4) is 0 Å². The summed E-state index contributed by atoms with van der Waals surface area (Å²) >= 11 is 1.54. The molecule has 176 valence electrons. The molecule has 2 aromatic carbocycles. The summed E-state index contributed by atoms with van der Waals surface area (Å²) in [6, 6.07) is 16.6. The van der Waals surface area contributed by atoms with Crippen molar-refractivity contribution < 1.29 is 13.2 Å². The minimum absolute atomic E-state index is 0.140. The monoisotopic (exact) mass is 495 g/mol. The van der Waals surface area contributed by atoms with Gasteiger partial charge in [-0.3, -0.25) is 13.8 Å². The highest BCUT2D eigenvalue weighted by molar-refractivity contribution is 7.92. The number of amides is 1. The summed E-state index contributed by atoms with van der Waals surface area (Å²) in [4.78, 5) is 17.7. The van der Waals surface area contributed by atoms with Crippen LogP contribution in [0.2, 0.25) is 0 Å². The first kappa shape index (κ1) is 23.7. The van der Waals surface area contributed by atoms with E-state index in [1.165, 1.54) is 34.8 Å². The van der Waals surface area contributed by atoms with Gasteiger partial charge in [0, 0.05) is 25.9 Å². The molecule has 0 spiro atoms. The van der Waals surface area contributed by atoms with Crippen molar-refractivity contribution in [3.63, 3.8) is 0 Å². The van der Waals surface area contributed by atoms with Gasteiger partial charge in [0.1, 0.15) is 5.56 Å². The van der Waals surface area contributed by atoms with E-state index in [1.54, 1.807) is 31.3 Å². The smallest absolute Gasteiger partial charge is 0.265 e. The fraction of sp³-hybridized carbons (Fsp3) is 0.208. The van der Waals surface area contributed by atoms with Gasteiger partial charge >= 0.3 is 0 Å². The highest BCUT2D eigenvalue weighted by atomic mass is 32.2. The Morgan fingerprint density at radius 2 is 1.82 bits per heavy atom. The van der Waals surface area contributed by atoms with Gasteiger partial charge < -0.3 is 5.32 Å². The molecule has 0 unspecified atom stereocenters. The lowest BCUT2D eigenvalue weighted by Gasteiger charge is -2.21. The van der Waals surface area contributed by atoms with Gasteiger partial charge in [-0.05, 0) is 24.6 Å². The fourth-order valence-electron chi connectivity index (χ4n) is 3.49. The summed E-state index contributed by atoms with van der Waals surface area (Å²) in [5, 5.41) is 9.83. The van der Waals surface area contributed by atoms with Crippen molar-refractivity contribution in [2.45, 2.75) is 24.8 Å². The number of nitrogens with one attached hydrogen (secondary N) is 1. The van der Waals surface area contributed by atoms with E-state index in [9.17, 15) is 13.2 Å². The molecule has 2 heterocycles. The number of nitrogens with zero attached hydrogens (tertiary/aromatic N) is 4. The Bertz CT molecular complexity index is 1390. The molecule has 1 N–H and O–H groups in total.